The topological polar surface area (TPSA) is 42.4 Å². The monoisotopic (exact) mass is 253 g/mol. The van der Waals surface area contributed by atoms with Crippen molar-refractivity contribution in [1.29, 1.82) is 0 Å². The standard InChI is InChI=1S/C7H6BrF2NO2/c1-13-3-2-11-5(7(9)10)6(12)4(3)8/h2,7,12H,1H3. The highest BCUT2D eigenvalue weighted by atomic mass is 79.9. The van der Waals surface area contributed by atoms with Crippen molar-refractivity contribution < 1.29 is 18.6 Å². The van der Waals surface area contributed by atoms with Crippen LogP contribution in [0.5, 0.6) is 11.5 Å². The number of pyridine rings is 1. The van der Waals surface area contributed by atoms with Crippen molar-refractivity contribution >= 4 is 15.9 Å². The lowest BCUT2D eigenvalue weighted by molar-refractivity contribution is 0.141. The summed E-state index contributed by atoms with van der Waals surface area (Å²) in [5.74, 6) is -0.378. The molecule has 0 amide bonds. The summed E-state index contributed by atoms with van der Waals surface area (Å²) in [5, 5.41) is 9.21. The van der Waals surface area contributed by atoms with Crippen LogP contribution in [0.15, 0.2) is 10.7 Å². The fourth-order valence-corrected chi connectivity index (χ4v) is 1.24. The highest BCUT2D eigenvalue weighted by molar-refractivity contribution is 9.10. The van der Waals surface area contributed by atoms with Crippen LogP contribution < -0.4 is 4.74 Å². The Morgan fingerprint density at radius 2 is 2.23 bits per heavy atom. The minimum Gasteiger partial charge on any atom is -0.505 e. The third-order valence-corrected chi connectivity index (χ3v) is 2.18. The Kier molecular flexibility index (Phi) is 3.02. The predicted molar refractivity (Wildman–Crippen MR) is 45.1 cm³/mol. The molecule has 0 saturated carbocycles. The number of hydrogen-bond acceptors (Lipinski definition) is 3. The molecule has 72 valence electrons. The molecule has 0 fully saturated rings. The van der Waals surface area contributed by atoms with Gasteiger partial charge in [-0.15, -0.1) is 0 Å². The van der Waals surface area contributed by atoms with Gasteiger partial charge >= 0.3 is 0 Å². The van der Waals surface area contributed by atoms with Gasteiger partial charge in [-0.3, -0.25) is 0 Å². The van der Waals surface area contributed by atoms with Crippen LogP contribution in [0.1, 0.15) is 12.1 Å². The Bertz CT molecular complexity index is 320. The summed E-state index contributed by atoms with van der Waals surface area (Å²) in [6, 6.07) is 0. The van der Waals surface area contributed by atoms with E-state index in [1.807, 2.05) is 0 Å². The summed E-state index contributed by atoms with van der Waals surface area (Å²) in [4.78, 5) is 3.35. The second-order valence-electron chi connectivity index (χ2n) is 2.18. The maximum atomic E-state index is 12.2. The first kappa shape index (κ1) is 10.2. The van der Waals surface area contributed by atoms with E-state index >= 15 is 0 Å². The van der Waals surface area contributed by atoms with Crippen LogP contribution in [0, 0.1) is 0 Å². The molecular formula is C7H6BrF2NO2. The van der Waals surface area contributed by atoms with E-state index in [0.29, 0.717) is 0 Å². The van der Waals surface area contributed by atoms with E-state index in [1.54, 1.807) is 0 Å². The van der Waals surface area contributed by atoms with E-state index in [1.165, 1.54) is 7.11 Å². The molecule has 0 aromatic carbocycles. The van der Waals surface area contributed by atoms with E-state index in [4.69, 9.17) is 4.74 Å². The van der Waals surface area contributed by atoms with Gasteiger partial charge in [-0.05, 0) is 15.9 Å². The molecule has 1 aromatic heterocycles. The molecule has 3 nitrogen and oxygen atoms in total. The van der Waals surface area contributed by atoms with Crippen molar-refractivity contribution in [3.05, 3.63) is 16.4 Å². The van der Waals surface area contributed by atoms with E-state index in [2.05, 4.69) is 20.9 Å². The van der Waals surface area contributed by atoms with Crippen molar-refractivity contribution in [3.63, 3.8) is 0 Å². The Morgan fingerprint density at radius 1 is 1.62 bits per heavy atom. The minimum absolute atomic E-state index is 0.0836. The lowest BCUT2D eigenvalue weighted by Crippen LogP contribution is -1.94. The summed E-state index contributed by atoms with van der Waals surface area (Å²) < 4.78 is 29.1. The summed E-state index contributed by atoms with van der Waals surface area (Å²) >= 11 is 2.91. The zero-order valence-corrected chi connectivity index (χ0v) is 8.18. The molecule has 0 aliphatic carbocycles. The molecule has 0 aliphatic heterocycles. The first-order valence-corrected chi connectivity index (χ1v) is 4.06. The minimum atomic E-state index is -2.80. The van der Waals surface area contributed by atoms with Crippen LogP contribution in [0.3, 0.4) is 0 Å². The SMILES string of the molecule is COc1cnc(C(F)F)c(O)c1Br. The average molecular weight is 254 g/mol. The number of methoxy groups -OCH3 is 1. The second kappa shape index (κ2) is 3.87. The number of aromatic hydroxyl groups is 1. The van der Waals surface area contributed by atoms with Crippen LogP contribution in [-0.4, -0.2) is 17.2 Å². The summed E-state index contributed by atoms with van der Waals surface area (Å²) in [6.45, 7) is 0. The summed E-state index contributed by atoms with van der Waals surface area (Å²) in [7, 11) is 1.35. The highest BCUT2D eigenvalue weighted by Crippen LogP contribution is 2.38. The maximum absolute atomic E-state index is 12.2. The first-order valence-electron chi connectivity index (χ1n) is 3.27. The lowest BCUT2D eigenvalue weighted by Gasteiger charge is -2.07. The Morgan fingerprint density at radius 3 is 2.69 bits per heavy atom. The Hall–Kier alpha value is -0.910. The van der Waals surface area contributed by atoms with Crippen molar-refractivity contribution in [3.8, 4) is 11.5 Å². The molecule has 0 atom stereocenters. The zero-order valence-electron chi connectivity index (χ0n) is 6.59. The second-order valence-corrected chi connectivity index (χ2v) is 2.97. The molecule has 13 heavy (non-hydrogen) atoms. The highest BCUT2D eigenvalue weighted by Gasteiger charge is 2.19. The molecule has 0 spiro atoms. The van der Waals surface area contributed by atoms with Gasteiger partial charge in [-0.25, -0.2) is 13.8 Å². The molecule has 0 bridgehead atoms. The lowest BCUT2D eigenvalue weighted by atomic mass is 10.3. The molecule has 1 rings (SSSR count). The Labute approximate surface area is 81.5 Å². The van der Waals surface area contributed by atoms with Gasteiger partial charge in [0.15, 0.2) is 11.5 Å². The largest absolute Gasteiger partial charge is 0.505 e. The fraction of sp³-hybridized carbons (Fsp3) is 0.286. The molecule has 0 radical (unpaired) electrons. The van der Waals surface area contributed by atoms with Crippen LogP contribution in [0.25, 0.3) is 0 Å². The number of nitrogens with zero attached hydrogens (tertiary/aromatic N) is 1. The van der Waals surface area contributed by atoms with Gasteiger partial charge in [0, 0.05) is 0 Å². The van der Waals surface area contributed by atoms with E-state index in [0.717, 1.165) is 6.20 Å². The average Bonchev–Trinajstić information content (AvgIpc) is 2.09. The molecule has 0 unspecified atom stereocenters. The van der Waals surface area contributed by atoms with E-state index in [9.17, 15) is 13.9 Å². The molecular weight excluding hydrogens is 248 g/mol. The number of aromatic nitrogens is 1. The smallest absolute Gasteiger partial charge is 0.284 e. The quantitative estimate of drug-likeness (QED) is 0.881. The van der Waals surface area contributed by atoms with Gasteiger partial charge < -0.3 is 9.84 Å². The van der Waals surface area contributed by atoms with Crippen molar-refractivity contribution in [2.75, 3.05) is 7.11 Å². The summed E-state index contributed by atoms with van der Waals surface area (Å²) in [6.07, 6.45) is -1.69. The van der Waals surface area contributed by atoms with Crippen LogP contribution in [-0.2, 0) is 0 Å². The van der Waals surface area contributed by atoms with Gasteiger partial charge in [0.1, 0.15) is 10.2 Å². The number of ether oxygens (including phenoxy) is 1. The van der Waals surface area contributed by atoms with Crippen molar-refractivity contribution in [1.82, 2.24) is 4.98 Å². The van der Waals surface area contributed by atoms with Gasteiger partial charge in [0.05, 0.1) is 13.3 Å². The van der Waals surface area contributed by atoms with Crippen molar-refractivity contribution in [2.45, 2.75) is 6.43 Å². The van der Waals surface area contributed by atoms with E-state index < -0.39 is 17.9 Å². The number of alkyl halides is 2. The van der Waals surface area contributed by atoms with Gasteiger partial charge in [-0.1, -0.05) is 0 Å². The maximum Gasteiger partial charge on any atom is 0.284 e. The molecule has 1 aromatic rings. The van der Waals surface area contributed by atoms with E-state index in [-0.39, 0.29) is 10.2 Å². The zero-order chi connectivity index (χ0) is 10.0. The number of rotatable bonds is 2. The molecule has 0 aliphatic rings. The van der Waals surface area contributed by atoms with Crippen molar-refractivity contribution in [2.24, 2.45) is 0 Å². The first-order chi connectivity index (χ1) is 6.07. The molecule has 1 heterocycles. The van der Waals surface area contributed by atoms with Gasteiger partial charge in [-0.2, -0.15) is 0 Å². The number of halogens is 3. The van der Waals surface area contributed by atoms with Gasteiger partial charge in [0.2, 0.25) is 0 Å². The van der Waals surface area contributed by atoms with Crippen LogP contribution in [0.4, 0.5) is 8.78 Å². The van der Waals surface area contributed by atoms with Crippen LogP contribution in [0.2, 0.25) is 0 Å². The normalized spacial score (nSPS) is 10.5. The Balaban J connectivity index is 3.23. The van der Waals surface area contributed by atoms with Gasteiger partial charge in [0.25, 0.3) is 6.43 Å². The third kappa shape index (κ3) is 1.88. The predicted octanol–water partition coefficient (Wildman–Crippen LogP) is 2.50. The molecule has 1 N–H and O–H groups in total. The molecule has 0 saturated heterocycles. The summed E-state index contributed by atoms with van der Waals surface area (Å²) in [5.41, 5.74) is -0.660. The third-order valence-electron chi connectivity index (χ3n) is 1.41. The fourth-order valence-electron chi connectivity index (χ4n) is 0.777. The van der Waals surface area contributed by atoms with Crippen LogP contribution >= 0.6 is 15.9 Å². The molecule has 6 heteroatoms. The number of hydrogen-bond donors (Lipinski definition) is 1.